The van der Waals surface area contributed by atoms with Crippen molar-refractivity contribution in [2.75, 3.05) is 0 Å². The van der Waals surface area contributed by atoms with Gasteiger partial charge in [0.2, 0.25) is 0 Å². The molecule has 0 aliphatic heterocycles. The average Bonchev–Trinajstić information content (AvgIpc) is 2.80. The minimum absolute atomic E-state index is 0.416. The Morgan fingerprint density at radius 2 is 2.00 bits per heavy atom. The van der Waals surface area contributed by atoms with Crippen LogP contribution in [0.15, 0.2) is 35.1 Å². The first kappa shape index (κ1) is 15.5. The second kappa shape index (κ2) is 4.79. The van der Waals surface area contributed by atoms with Gasteiger partial charge in [0.25, 0.3) is 0 Å². The van der Waals surface area contributed by atoms with Gasteiger partial charge in [-0.25, -0.2) is 0 Å². The third-order valence-electron chi connectivity index (χ3n) is 4.23. The number of nitrogens with zero attached hydrogens (tertiary/aromatic N) is 3. The van der Waals surface area contributed by atoms with E-state index >= 15 is 0 Å². The quantitative estimate of drug-likeness (QED) is 0.877. The van der Waals surface area contributed by atoms with Crippen LogP contribution in [0.3, 0.4) is 0 Å². The maximum Gasteiger partial charge on any atom is 0.417 e. The lowest BCUT2D eigenvalue weighted by Crippen LogP contribution is -2.63. The summed E-state index contributed by atoms with van der Waals surface area (Å²) in [6, 6.07) is 7.05. The zero-order valence-electron chi connectivity index (χ0n) is 11.6. The molecule has 1 aromatic carbocycles. The summed E-state index contributed by atoms with van der Waals surface area (Å²) in [5.74, 6) is 0.416. The Balaban J connectivity index is 2.10. The molecule has 1 N–H and O–H groups in total. The summed E-state index contributed by atoms with van der Waals surface area (Å²) in [7, 11) is 1.68. The van der Waals surface area contributed by atoms with Gasteiger partial charge in [-0.2, -0.15) is 13.2 Å². The Bertz CT molecular complexity index is 707. The molecule has 4 nitrogen and oxygen atoms in total. The maximum atomic E-state index is 13.1. The lowest BCUT2D eigenvalue weighted by Gasteiger charge is -2.53. The Morgan fingerprint density at radius 1 is 1.32 bits per heavy atom. The van der Waals surface area contributed by atoms with Crippen LogP contribution in [0.4, 0.5) is 13.2 Å². The van der Waals surface area contributed by atoms with E-state index in [2.05, 4.69) is 26.1 Å². The van der Waals surface area contributed by atoms with Gasteiger partial charge in [-0.05, 0) is 17.7 Å². The normalized spacial score (nSPS) is 28.5. The molecule has 22 heavy (non-hydrogen) atoms. The molecule has 0 amide bonds. The molecule has 1 heterocycles. The van der Waals surface area contributed by atoms with Crippen molar-refractivity contribution >= 4 is 15.9 Å². The molecule has 1 aliphatic carbocycles. The van der Waals surface area contributed by atoms with Gasteiger partial charge in [0.15, 0.2) is 5.60 Å². The third-order valence-corrected chi connectivity index (χ3v) is 4.73. The predicted molar refractivity (Wildman–Crippen MR) is 76.2 cm³/mol. The molecule has 0 spiro atoms. The molecule has 2 aromatic rings. The van der Waals surface area contributed by atoms with Crippen LogP contribution in [0.5, 0.6) is 0 Å². The number of rotatable bonds is 2. The molecule has 1 fully saturated rings. The standard InChI is InChI=1S/C14H13BrF3N3O/c1-21-8-19-20-11(21)12(9-3-2-4-10(15)5-9)6-13(22,7-12)14(16,17)18/h2-5,8,22H,6-7H2,1H3. The van der Waals surface area contributed by atoms with Gasteiger partial charge in [-0.15, -0.1) is 10.2 Å². The van der Waals surface area contributed by atoms with Crippen molar-refractivity contribution in [2.45, 2.75) is 30.0 Å². The fraction of sp³-hybridized carbons (Fsp3) is 0.429. The largest absolute Gasteiger partial charge is 0.417 e. The summed E-state index contributed by atoms with van der Waals surface area (Å²) in [6.07, 6.45) is -4.15. The number of aliphatic hydroxyl groups is 1. The smallest absolute Gasteiger partial charge is 0.380 e. The number of hydrogen-bond donors (Lipinski definition) is 1. The van der Waals surface area contributed by atoms with Gasteiger partial charge >= 0.3 is 6.18 Å². The number of alkyl halides is 3. The summed E-state index contributed by atoms with van der Waals surface area (Å²) in [5, 5.41) is 17.7. The van der Waals surface area contributed by atoms with Gasteiger partial charge in [0, 0.05) is 24.4 Å². The lowest BCUT2D eigenvalue weighted by atomic mass is 9.55. The van der Waals surface area contributed by atoms with Crippen LogP contribution < -0.4 is 0 Å². The van der Waals surface area contributed by atoms with Crippen molar-refractivity contribution in [1.82, 2.24) is 14.8 Å². The predicted octanol–water partition coefficient (Wildman–Crippen LogP) is 2.95. The molecule has 118 valence electrons. The Morgan fingerprint density at radius 3 is 2.50 bits per heavy atom. The average molecular weight is 376 g/mol. The van der Waals surface area contributed by atoms with E-state index < -0.39 is 30.0 Å². The summed E-state index contributed by atoms with van der Waals surface area (Å²) in [5.41, 5.74) is -3.02. The van der Waals surface area contributed by atoms with E-state index in [4.69, 9.17) is 0 Å². The van der Waals surface area contributed by atoms with Crippen molar-refractivity contribution in [3.63, 3.8) is 0 Å². The molecule has 1 saturated carbocycles. The molecule has 3 rings (SSSR count). The highest BCUT2D eigenvalue weighted by atomic mass is 79.9. The SMILES string of the molecule is Cn1cnnc1C1(c2cccc(Br)c2)CC(O)(C(F)(F)F)C1. The van der Waals surface area contributed by atoms with Gasteiger partial charge in [-0.1, -0.05) is 28.1 Å². The van der Waals surface area contributed by atoms with Gasteiger partial charge in [0.1, 0.15) is 12.2 Å². The highest BCUT2D eigenvalue weighted by molar-refractivity contribution is 9.10. The third kappa shape index (κ3) is 2.16. The Kier molecular flexibility index (Phi) is 3.37. The van der Waals surface area contributed by atoms with Crippen LogP contribution in [0.1, 0.15) is 24.2 Å². The zero-order valence-corrected chi connectivity index (χ0v) is 13.2. The van der Waals surface area contributed by atoms with Gasteiger partial charge in [0.05, 0.1) is 5.41 Å². The number of halogens is 4. The van der Waals surface area contributed by atoms with E-state index in [1.807, 2.05) is 0 Å². The highest BCUT2D eigenvalue weighted by Crippen LogP contribution is 2.59. The fourth-order valence-electron chi connectivity index (χ4n) is 3.14. The first-order valence-electron chi connectivity index (χ1n) is 6.58. The summed E-state index contributed by atoms with van der Waals surface area (Å²) in [4.78, 5) is 0. The van der Waals surface area contributed by atoms with Gasteiger partial charge < -0.3 is 9.67 Å². The van der Waals surface area contributed by atoms with Crippen LogP contribution in [0.25, 0.3) is 0 Å². The van der Waals surface area contributed by atoms with Crippen molar-refractivity contribution in [2.24, 2.45) is 7.05 Å². The van der Waals surface area contributed by atoms with Crippen molar-refractivity contribution in [3.05, 3.63) is 46.5 Å². The van der Waals surface area contributed by atoms with E-state index in [0.717, 1.165) is 4.47 Å². The molecule has 0 radical (unpaired) electrons. The van der Waals surface area contributed by atoms with Crippen LogP contribution in [-0.2, 0) is 12.5 Å². The Hall–Kier alpha value is -1.41. The molecule has 8 heteroatoms. The number of aromatic nitrogens is 3. The molecule has 0 bridgehead atoms. The van der Waals surface area contributed by atoms with Crippen LogP contribution in [0.2, 0.25) is 0 Å². The highest BCUT2D eigenvalue weighted by Gasteiger charge is 2.69. The molecule has 1 aliphatic rings. The summed E-state index contributed by atoms with van der Waals surface area (Å²) >= 11 is 3.33. The first-order chi connectivity index (χ1) is 10.2. The van der Waals surface area contributed by atoms with E-state index in [9.17, 15) is 18.3 Å². The zero-order chi connectivity index (χ0) is 16.2. The molecule has 0 unspecified atom stereocenters. The number of hydrogen-bond acceptors (Lipinski definition) is 3. The molecule has 0 atom stereocenters. The lowest BCUT2D eigenvalue weighted by molar-refractivity contribution is -0.301. The van der Waals surface area contributed by atoms with E-state index in [-0.39, 0.29) is 0 Å². The minimum Gasteiger partial charge on any atom is -0.380 e. The molecular weight excluding hydrogens is 363 g/mol. The van der Waals surface area contributed by atoms with Crippen LogP contribution in [0, 0.1) is 0 Å². The monoisotopic (exact) mass is 375 g/mol. The number of benzene rings is 1. The second-order valence-electron chi connectivity index (χ2n) is 5.74. The second-order valence-corrected chi connectivity index (χ2v) is 6.66. The summed E-state index contributed by atoms with van der Waals surface area (Å²) < 4.78 is 41.5. The minimum atomic E-state index is -4.67. The molecular formula is C14H13BrF3N3O. The first-order valence-corrected chi connectivity index (χ1v) is 7.37. The summed E-state index contributed by atoms with van der Waals surface area (Å²) in [6.45, 7) is 0. The van der Waals surface area contributed by atoms with Crippen LogP contribution >= 0.6 is 15.9 Å². The van der Waals surface area contributed by atoms with Gasteiger partial charge in [-0.3, -0.25) is 0 Å². The van der Waals surface area contributed by atoms with Crippen molar-refractivity contribution in [3.8, 4) is 0 Å². The van der Waals surface area contributed by atoms with E-state index in [1.165, 1.54) is 6.33 Å². The van der Waals surface area contributed by atoms with E-state index in [0.29, 0.717) is 11.4 Å². The van der Waals surface area contributed by atoms with Crippen molar-refractivity contribution in [1.29, 1.82) is 0 Å². The molecule has 1 aromatic heterocycles. The van der Waals surface area contributed by atoms with Crippen molar-refractivity contribution < 1.29 is 18.3 Å². The Labute approximate surface area is 133 Å². The van der Waals surface area contributed by atoms with E-state index in [1.54, 1.807) is 35.9 Å². The fourth-order valence-corrected chi connectivity index (χ4v) is 3.54. The maximum absolute atomic E-state index is 13.1. The topological polar surface area (TPSA) is 50.9 Å². The number of aryl methyl sites for hydroxylation is 1. The van der Waals surface area contributed by atoms with Crippen LogP contribution in [-0.4, -0.2) is 31.6 Å². The molecule has 0 saturated heterocycles.